The third-order valence-corrected chi connectivity index (χ3v) is 5.99. The van der Waals surface area contributed by atoms with Gasteiger partial charge in [-0.25, -0.2) is 4.98 Å². The van der Waals surface area contributed by atoms with Crippen LogP contribution in [0, 0.1) is 0 Å². The fourth-order valence-electron chi connectivity index (χ4n) is 2.14. The van der Waals surface area contributed by atoms with Crippen molar-refractivity contribution in [2.24, 2.45) is 0 Å². The van der Waals surface area contributed by atoms with Gasteiger partial charge in [-0.3, -0.25) is 9.59 Å². The van der Waals surface area contributed by atoms with Crippen molar-refractivity contribution in [2.75, 3.05) is 5.32 Å². The summed E-state index contributed by atoms with van der Waals surface area (Å²) in [6.07, 6.45) is 1.19. The normalized spacial score (nSPS) is 10.6. The van der Waals surface area contributed by atoms with Gasteiger partial charge in [0.1, 0.15) is 0 Å². The van der Waals surface area contributed by atoms with Crippen LogP contribution in [0.15, 0.2) is 34.3 Å². The molecule has 2 N–H and O–H groups in total. The van der Waals surface area contributed by atoms with Crippen LogP contribution in [-0.4, -0.2) is 16.8 Å². The highest BCUT2D eigenvalue weighted by Gasteiger charge is 2.10. The molecule has 3 rings (SSSR count). The second-order valence-corrected chi connectivity index (χ2v) is 8.20. The first-order chi connectivity index (χ1) is 12.1. The van der Waals surface area contributed by atoms with E-state index in [4.69, 9.17) is 0 Å². The van der Waals surface area contributed by atoms with Crippen molar-refractivity contribution < 1.29 is 9.59 Å². The number of aromatic nitrogens is 1. The summed E-state index contributed by atoms with van der Waals surface area (Å²) in [5.41, 5.74) is 2.03. The number of carbonyl (C=O) groups excluding carboxylic acids is 2. The Kier molecular flexibility index (Phi) is 5.95. The van der Waals surface area contributed by atoms with E-state index < -0.39 is 0 Å². The summed E-state index contributed by atoms with van der Waals surface area (Å²) in [6.45, 7) is 2.03. The second kappa shape index (κ2) is 8.37. The number of thiazole rings is 1. The number of rotatable bonds is 7. The molecule has 0 spiro atoms. The van der Waals surface area contributed by atoms with Gasteiger partial charge < -0.3 is 10.6 Å². The minimum Gasteiger partial charge on any atom is -0.351 e. The summed E-state index contributed by atoms with van der Waals surface area (Å²) >= 11 is 4.65. The predicted molar refractivity (Wildman–Crippen MR) is 104 cm³/mol. The molecule has 3 aromatic rings. The third kappa shape index (κ3) is 5.22. The quantitative estimate of drug-likeness (QED) is 0.636. The minimum atomic E-state index is -0.0453. The lowest BCUT2D eigenvalue weighted by atomic mass is 10.2. The van der Waals surface area contributed by atoms with Gasteiger partial charge in [-0.1, -0.05) is 0 Å². The Bertz CT molecular complexity index is 852. The number of carbonyl (C=O) groups is 2. The highest BCUT2D eigenvalue weighted by Crippen LogP contribution is 2.30. The average molecular weight is 392 g/mol. The van der Waals surface area contributed by atoms with Crippen molar-refractivity contribution in [3.05, 3.63) is 44.8 Å². The maximum atomic E-state index is 12.0. The van der Waals surface area contributed by atoms with Gasteiger partial charge in [0.05, 0.1) is 17.1 Å². The maximum absolute atomic E-state index is 12.0. The number of aryl methyl sites for hydroxylation is 1. The fourth-order valence-corrected chi connectivity index (χ4v) is 4.55. The number of hydrogen-bond acceptors (Lipinski definition) is 6. The second-order valence-electron chi connectivity index (χ2n) is 5.39. The Morgan fingerprint density at radius 1 is 1.20 bits per heavy atom. The van der Waals surface area contributed by atoms with Crippen molar-refractivity contribution in [1.29, 1.82) is 0 Å². The number of nitrogens with one attached hydrogen (secondary N) is 2. The van der Waals surface area contributed by atoms with Crippen LogP contribution in [0.2, 0.25) is 0 Å². The molecule has 3 heterocycles. The Morgan fingerprint density at radius 3 is 2.84 bits per heavy atom. The molecule has 0 saturated carbocycles. The standard InChI is InChI=1S/C17H17N3O2S3/c1-11(21)18-8-13-3-4-15(25-13)14-10-24-17(19-14)20-16(22)5-2-12-6-7-23-9-12/h3-4,6-7,9-10H,2,5,8H2,1H3,(H,18,21)(H,19,20,22). The number of amides is 2. The first kappa shape index (κ1) is 17.8. The molecule has 0 aliphatic heterocycles. The minimum absolute atomic E-state index is 0.0235. The van der Waals surface area contributed by atoms with Crippen molar-refractivity contribution in [1.82, 2.24) is 10.3 Å². The highest BCUT2D eigenvalue weighted by atomic mass is 32.1. The van der Waals surface area contributed by atoms with Crippen molar-refractivity contribution >= 4 is 51.0 Å². The van der Waals surface area contributed by atoms with Crippen LogP contribution in [-0.2, 0) is 22.6 Å². The zero-order valence-electron chi connectivity index (χ0n) is 13.6. The predicted octanol–water partition coefficient (Wildman–Crippen LogP) is 4.14. The van der Waals surface area contributed by atoms with E-state index in [2.05, 4.69) is 21.0 Å². The molecule has 0 aliphatic rings. The molecule has 0 fully saturated rings. The Labute approximate surface area is 157 Å². The van der Waals surface area contributed by atoms with Gasteiger partial charge in [-0.2, -0.15) is 11.3 Å². The van der Waals surface area contributed by atoms with Crippen LogP contribution >= 0.6 is 34.0 Å². The first-order valence-corrected chi connectivity index (χ1v) is 10.3. The maximum Gasteiger partial charge on any atom is 0.226 e. The molecule has 0 atom stereocenters. The summed E-state index contributed by atoms with van der Waals surface area (Å²) in [5.74, 6) is -0.0688. The van der Waals surface area contributed by atoms with Crippen LogP contribution in [0.5, 0.6) is 0 Å². The monoisotopic (exact) mass is 391 g/mol. The SMILES string of the molecule is CC(=O)NCc1ccc(-c2csc(NC(=O)CCc3ccsc3)n2)s1. The van der Waals surface area contributed by atoms with Crippen LogP contribution in [0.4, 0.5) is 5.13 Å². The van der Waals surface area contributed by atoms with Gasteiger partial charge in [0.2, 0.25) is 11.8 Å². The first-order valence-electron chi connectivity index (χ1n) is 7.70. The Morgan fingerprint density at radius 2 is 2.08 bits per heavy atom. The van der Waals surface area contributed by atoms with Crippen molar-refractivity contribution in [2.45, 2.75) is 26.3 Å². The summed E-state index contributed by atoms with van der Waals surface area (Å²) in [5, 5.41) is 12.3. The van der Waals surface area contributed by atoms with Gasteiger partial charge in [0.15, 0.2) is 5.13 Å². The lowest BCUT2D eigenvalue weighted by Crippen LogP contribution is -2.17. The summed E-state index contributed by atoms with van der Waals surface area (Å²) in [6, 6.07) is 6.00. The van der Waals surface area contributed by atoms with E-state index in [9.17, 15) is 9.59 Å². The number of nitrogens with zero attached hydrogens (tertiary/aromatic N) is 1. The third-order valence-electron chi connectivity index (χ3n) is 3.40. The summed E-state index contributed by atoms with van der Waals surface area (Å²) < 4.78 is 0. The van der Waals surface area contributed by atoms with Gasteiger partial charge >= 0.3 is 0 Å². The molecule has 0 bridgehead atoms. The molecular formula is C17H17N3O2S3. The van der Waals surface area contributed by atoms with Crippen molar-refractivity contribution in [3.63, 3.8) is 0 Å². The van der Waals surface area contributed by atoms with E-state index in [0.29, 0.717) is 18.1 Å². The number of hydrogen-bond donors (Lipinski definition) is 2. The molecule has 0 radical (unpaired) electrons. The van der Waals surface area contributed by atoms with Gasteiger partial charge in [-0.15, -0.1) is 22.7 Å². The smallest absolute Gasteiger partial charge is 0.226 e. The lowest BCUT2D eigenvalue weighted by Gasteiger charge is -2.00. The molecule has 2 amide bonds. The molecule has 0 aliphatic carbocycles. The van der Waals surface area contributed by atoms with E-state index in [0.717, 1.165) is 21.9 Å². The van der Waals surface area contributed by atoms with E-state index in [-0.39, 0.29) is 11.8 Å². The molecule has 0 aromatic carbocycles. The van der Waals surface area contributed by atoms with Crippen LogP contribution in [0.3, 0.4) is 0 Å². The van der Waals surface area contributed by atoms with Crippen LogP contribution < -0.4 is 10.6 Å². The van der Waals surface area contributed by atoms with Gasteiger partial charge in [-0.05, 0) is 40.9 Å². The molecule has 130 valence electrons. The zero-order valence-corrected chi connectivity index (χ0v) is 16.0. The highest BCUT2D eigenvalue weighted by molar-refractivity contribution is 7.17. The zero-order chi connectivity index (χ0) is 17.6. The molecular weight excluding hydrogens is 374 g/mol. The van der Waals surface area contributed by atoms with Crippen LogP contribution in [0.1, 0.15) is 23.8 Å². The molecule has 0 unspecified atom stereocenters. The summed E-state index contributed by atoms with van der Waals surface area (Å²) in [4.78, 5) is 29.6. The fraction of sp³-hybridized carbons (Fsp3) is 0.235. The van der Waals surface area contributed by atoms with Gasteiger partial charge in [0, 0.05) is 23.6 Å². The van der Waals surface area contributed by atoms with E-state index in [1.165, 1.54) is 23.8 Å². The lowest BCUT2D eigenvalue weighted by molar-refractivity contribution is -0.119. The molecule has 3 aromatic heterocycles. The molecule has 5 nitrogen and oxygen atoms in total. The Hall–Kier alpha value is -2.03. The van der Waals surface area contributed by atoms with Crippen molar-refractivity contribution in [3.8, 4) is 10.6 Å². The topological polar surface area (TPSA) is 71.1 Å². The van der Waals surface area contributed by atoms with E-state index in [1.807, 2.05) is 29.0 Å². The molecule has 0 saturated heterocycles. The molecule has 8 heteroatoms. The average Bonchev–Trinajstić information content (AvgIpc) is 3.32. The largest absolute Gasteiger partial charge is 0.351 e. The van der Waals surface area contributed by atoms with E-state index >= 15 is 0 Å². The van der Waals surface area contributed by atoms with Gasteiger partial charge in [0.25, 0.3) is 0 Å². The number of anilines is 1. The molecule has 25 heavy (non-hydrogen) atoms. The Balaban J connectivity index is 1.55. The number of thiophene rings is 2. The van der Waals surface area contributed by atoms with E-state index in [1.54, 1.807) is 22.7 Å². The van der Waals surface area contributed by atoms with Crippen LogP contribution in [0.25, 0.3) is 10.6 Å². The summed E-state index contributed by atoms with van der Waals surface area (Å²) in [7, 11) is 0.